The molecule has 0 radical (unpaired) electrons. The van der Waals surface area contributed by atoms with E-state index in [1.54, 1.807) is 0 Å². The van der Waals surface area contributed by atoms with Crippen LogP contribution in [0.1, 0.15) is 23.2 Å². The summed E-state index contributed by atoms with van der Waals surface area (Å²) in [7, 11) is 0. The van der Waals surface area contributed by atoms with Crippen molar-refractivity contribution in [2.75, 3.05) is 0 Å². The van der Waals surface area contributed by atoms with E-state index in [1.165, 1.54) is 0 Å². The van der Waals surface area contributed by atoms with Crippen molar-refractivity contribution in [3.8, 4) is 0 Å². The fourth-order valence-electron chi connectivity index (χ4n) is 1.13. The Kier molecular flexibility index (Phi) is 4.12. The summed E-state index contributed by atoms with van der Waals surface area (Å²) in [5.41, 5.74) is -2.73. The lowest BCUT2D eigenvalue weighted by molar-refractivity contribution is -0.141. The number of pyridine rings is 1. The highest BCUT2D eigenvalue weighted by molar-refractivity contribution is 9.08. The molecule has 0 spiro atoms. The zero-order chi connectivity index (χ0) is 12.5. The van der Waals surface area contributed by atoms with Gasteiger partial charge in [0.2, 0.25) is 0 Å². The van der Waals surface area contributed by atoms with Gasteiger partial charge in [-0.1, -0.05) is 27.5 Å². The number of hydrogen-bond acceptors (Lipinski definition) is 1. The minimum atomic E-state index is -4.81. The fraction of sp³-hybridized carbons (Fsp3) is 0.375. The second kappa shape index (κ2) is 4.83. The number of aromatic nitrogens is 1. The van der Waals surface area contributed by atoms with Gasteiger partial charge in [-0.2, -0.15) is 13.2 Å². The van der Waals surface area contributed by atoms with Gasteiger partial charge < -0.3 is 0 Å². The van der Waals surface area contributed by atoms with Crippen LogP contribution < -0.4 is 0 Å². The Labute approximate surface area is 101 Å². The molecule has 0 unspecified atom stereocenters. The van der Waals surface area contributed by atoms with Gasteiger partial charge in [0.15, 0.2) is 5.69 Å². The Morgan fingerprint density at radius 1 is 1.38 bits per heavy atom. The fourth-order valence-corrected chi connectivity index (χ4v) is 1.92. The first-order valence-corrected chi connectivity index (χ1v) is 5.38. The van der Waals surface area contributed by atoms with Crippen molar-refractivity contribution in [1.82, 2.24) is 4.98 Å². The van der Waals surface area contributed by atoms with Crippen molar-refractivity contribution >= 4 is 27.5 Å². The molecule has 0 saturated carbocycles. The molecule has 0 fully saturated rings. The summed E-state index contributed by atoms with van der Waals surface area (Å²) in [5, 5.41) is -0.974. The maximum absolute atomic E-state index is 12.5. The van der Waals surface area contributed by atoms with Crippen LogP contribution in [0.5, 0.6) is 0 Å². The summed E-state index contributed by atoms with van der Waals surface area (Å²) in [5.74, 6) is 0. The van der Waals surface area contributed by atoms with E-state index in [1.807, 2.05) is 0 Å². The standard InChI is InChI=1S/C8H4BrClF5N/c9-2-4-3(7(11)12)1-5(10)16-6(4)8(13,14)15/h1,7H,2H2. The Hall–Kier alpha value is -0.430. The summed E-state index contributed by atoms with van der Waals surface area (Å²) in [6.07, 6.45) is -7.84. The molecule has 0 amide bonds. The molecule has 0 aliphatic heterocycles. The Morgan fingerprint density at radius 2 is 1.94 bits per heavy atom. The number of rotatable bonds is 2. The molecule has 0 aromatic carbocycles. The lowest BCUT2D eigenvalue weighted by Gasteiger charge is -2.14. The smallest absolute Gasteiger partial charge is 0.231 e. The van der Waals surface area contributed by atoms with Gasteiger partial charge in [-0.3, -0.25) is 0 Å². The van der Waals surface area contributed by atoms with Crippen LogP contribution in [0.25, 0.3) is 0 Å². The quantitative estimate of drug-likeness (QED) is 0.440. The van der Waals surface area contributed by atoms with E-state index in [0.29, 0.717) is 0 Å². The largest absolute Gasteiger partial charge is 0.433 e. The molecule has 0 saturated heterocycles. The molecule has 0 bridgehead atoms. The molecule has 0 N–H and O–H groups in total. The molecular formula is C8H4BrClF5N. The average molecular weight is 324 g/mol. The van der Waals surface area contributed by atoms with E-state index in [-0.39, 0.29) is 5.33 Å². The van der Waals surface area contributed by atoms with Crippen LogP contribution in [-0.4, -0.2) is 4.98 Å². The monoisotopic (exact) mass is 323 g/mol. The molecule has 90 valence electrons. The van der Waals surface area contributed by atoms with Crippen LogP contribution in [-0.2, 0) is 11.5 Å². The lowest BCUT2D eigenvalue weighted by atomic mass is 10.1. The average Bonchev–Trinajstić information content (AvgIpc) is 2.14. The second-order valence-electron chi connectivity index (χ2n) is 2.79. The number of alkyl halides is 6. The SMILES string of the molecule is FC(F)c1cc(Cl)nc(C(F)(F)F)c1CBr. The van der Waals surface area contributed by atoms with E-state index < -0.39 is 34.6 Å². The maximum atomic E-state index is 12.5. The van der Waals surface area contributed by atoms with Crippen molar-refractivity contribution in [1.29, 1.82) is 0 Å². The molecule has 0 aliphatic rings. The summed E-state index contributed by atoms with van der Waals surface area (Å²) in [6.45, 7) is 0. The van der Waals surface area contributed by atoms with Gasteiger partial charge in [0.05, 0.1) is 0 Å². The van der Waals surface area contributed by atoms with Crippen LogP contribution in [0.4, 0.5) is 22.0 Å². The van der Waals surface area contributed by atoms with E-state index in [2.05, 4.69) is 20.9 Å². The van der Waals surface area contributed by atoms with Crippen LogP contribution in [0.2, 0.25) is 5.15 Å². The molecule has 1 nitrogen and oxygen atoms in total. The zero-order valence-electron chi connectivity index (χ0n) is 7.45. The molecule has 16 heavy (non-hydrogen) atoms. The first-order chi connectivity index (χ1) is 7.27. The number of hydrogen-bond donors (Lipinski definition) is 0. The molecule has 0 atom stereocenters. The molecule has 1 rings (SSSR count). The van der Waals surface area contributed by atoms with Gasteiger partial charge in [-0.15, -0.1) is 0 Å². The Bertz CT molecular complexity index is 393. The third kappa shape index (κ3) is 2.82. The third-order valence-corrected chi connectivity index (χ3v) is 2.52. The van der Waals surface area contributed by atoms with Gasteiger partial charge in [0, 0.05) is 16.5 Å². The number of halogens is 7. The van der Waals surface area contributed by atoms with E-state index >= 15 is 0 Å². The van der Waals surface area contributed by atoms with E-state index in [9.17, 15) is 22.0 Å². The minimum Gasteiger partial charge on any atom is -0.231 e. The van der Waals surface area contributed by atoms with Crippen molar-refractivity contribution < 1.29 is 22.0 Å². The van der Waals surface area contributed by atoms with Gasteiger partial charge in [0.1, 0.15) is 5.15 Å². The highest BCUT2D eigenvalue weighted by atomic mass is 79.9. The van der Waals surface area contributed by atoms with Crippen molar-refractivity contribution in [2.45, 2.75) is 17.9 Å². The summed E-state index contributed by atoms with van der Waals surface area (Å²) < 4.78 is 62.4. The van der Waals surface area contributed by atoms with Crippen LogP contribution in [0.3, 0.4) is 0 Å². The Balaban J connectivity index is 3.49. The van der Waals surface area contributed by atoms with Crippen molar-refractivity contribution in [3.05, 3.63) is 28.0 Å². The predicted molar refractivity (Wildman–Crippen MR) is 51.8 cm³/mol. The second-order valence-corrected chi connectivity index (χ2v) is 3.74. The van der Waals surface area contributed by atoms with Gasteiger partial charge in [-0.05, 0) is 6.07 Å². The normalized spacial score (nSPS) is 12.2. The van der Waals surface area contributed by atoms with Gasteiger partial charge >= 0.3 is 6.18 Å². The zero-order valence-corrected chi connectivity index (χ0v) is 9.80. The van der Waals surface area contributed by atoms with Gasteiger partial charge in [-0.25, -0.2) is 13.8 Å². The Morgan fingerprint density at radius 3 is 2.31 bits per heavy atom. The third-order valence-electron chi connectivity index (χ3n) is 1.76. The highest BCUT2D eigenvalue weighted by Gasteiger charge is 2.37. The van der Waals surface area contributed by atoms with Crippen LogP contribution >= 0.6 is 27.5 Å². The molecule has 0 aliphatic carbocycles. The topological polar surface area (TPSA) is 12.9 Å². The van der Waals surface area contributed by atoms with Gasteiger partial charge in [0.25, 0.3) is 6.43 Å². The molecule has 8 heteroatoms. The molecule has 1 aromatic rings. The lowest BCUT2D eigenvalue weighted by Crippen LogP contribution is -2.14. The van der Waals surface area contributed by atoms with Crippen molar-refractivity contribution in [2.24, 2.45) is 0 Å². The van der Waals surface area contributed by atoms with Crippen LogP contribution in [0.15, 0.2) is 6.07 Å². The van der Waals surface area contributed by atoms with Crippen molar-refractivity contribution in [3.63, 3.8) is 0 Å². The maximum Gasteiger partial charge on any atom is 0.433 e. The summed E-state index contributed by atoms with van der Waals surface area (Å²) in [6, 6.07) is 0.734. The van der Waals surface area contributed by atoms with E-state index in [4.69, 9.17) is 11.6 Å². The number of nitrogens with zero attached hydrogens (tertiary/aromatic N) is 1. The molecule has 1 aromatic heterocycles. The first-order valence-electron chi connectivity index (χ1n) is 3.88. The molecular weight excluding hydrogens is 320 g/mol. The summed E-state index contributed by atoms with van der Waals surface area (Å²) in [4.78, 5) is 3.04. The predicted octanol–water partition coefficient (Wildman–Crippen LogP) is 4.59. The van der Waals surface area contributed by atoms with Crippen LogP contribution in [0, 0.1) is 0 Å². The molecule has 1 heterocycles. The first kappa shape index (κ1) is 13.6. The highest BCUT2D eigenvalue weighted by Crippen LogP contribution is 2.37. The summed E-state index contributed by atoms with van der Waals surface area (Å²) >= 11 is 8.00. The minimum absolute atomic E-state index is 0.369. The van der Waals surface area contributed by atoms with E-state index in [0.717, 1.165) is 6.07 Å².